The van der Waals surface area contributed by atoms with Crippen molar-refractivity contribution in [3.05, 3.63) is 82.8 Å². The second-order valence-electron chi connectivity index (χ2n) is 11.1. The Kier molecular flexibility index (Phi) is 8.48. The third-order valence-corrected chi connectivity index (χ3v) is 8.12. The Morgan fingerprint density at radius 3 is 2.63 bits per heavy atom. The van der Waals surface area contributed by atoms with Crippen molar-refractivity contribution in [1.82, 2.24) is 20.2 Å². The highest BCUT2D eigenvalue weighted by Crippen LogP contribution is 2.38. The molecule has 0 radical (unpaired) electrons. The number of aryl methyl sites for hydroxylation is 2. The Morgan fingerprint density at radius 2 is 1.85 bits per heavy atom. The van der Waals surface area contributed by atoms with Gasteiger partial charge in [-0.15, -0.1) is 0 Å². The summed E-state index contributed by atoms with van der Waals surface area (Å²) in [7, 11) is 0. The van der Waals surface area contributed by atoms with Gasteiger partial charge in [0.25, 0.3) is 11.8 Å². The summed E-state index contributed by atoms with van der Waals surface area (Å²) in [4.78, 5) is 39.4. The van der Waals surface area contributed by atoms with Gasteiger partial charge in [-0.3, -0.25) is 9.59 Å². The second-order valence-corrected chi connectivity index (χ2v) is 11.1. The van der Waals surface area contributed by atoms with E-state index in [1.807, 2.05) is 49.1 Å². The lowest BCUT2D eigenvalue weighted by molar-refractivity contribution is 0.0365. The number of ether oxygens (including phenoxy) is 1. The molecule has 1 saturated heterocycles. The van der Waals surface area contributed by atoms with Gasteiger partial charge in [-0.1, -0.05) is 12.1 Å². The van der Waals surface area contributed by atoms with E-state index in [0.29, 0.717) is 61.1 Å². The molecule has 2 amide bonds. The first kappa shape index (κ1) is 28.1. The van der Waals surface area contributed by atoms with Crippen LogP contribution < -0.4 is 15.0 Å². The lowest BCUT2D eigenvalue weighted by atomic mass is 9.75. The summed E-state index contributed by atoms with van der Waals surface area (Å²) in [6.07, 6.45) is 5.18. The van der Waals surface area contributed by atoms with Gasteiger partial charge in [-0.2, -0.15) is 5.26 Å². The van der Waals surface area contributed by atoms with Crippen molar-refractivity contribution in [2.75, 3.05) is 44.2 Å². The van der Waals surface area contributed by atoms with Crippen LogP contribution in [-0.4, -0.2) is 66.0 Å². The van der Waals surface area contributed by atoms with E-state index in [9.17, 15) is 14.9 Å². The summed E-state index contributed by atoms with van der Waals surface area (Å²) >= 11 is 0. The van der Waals surface area contributed by atoms with Crippen molar-refractivity contribution in [3.63, 3.8) is 0 Å². The molecular weight excluding hydrogens is 516 g/mol. The summed E-state index contributed by atoms with van der Waals surface area (Å²) in [6, 6.07) is 16.7. The number of benzene rings is 2. The van der Waals surface area contributed by atoms with Gasteiger partial charge >= 0.3 is 0 Å². The SMILES string of the molecule is Cc1cc(C#N)cc(C(=O)N2CCC3(CCCN(c4ccnc(C)n4)CCNC(=O)c4ccccc4OC3)CC2)c1. The highest BCUT2D eigenvalue weighted by molar-refractivity contribution is 5.97. The Hall–Kier alpha value is -4.45. The zero-order chi connectivity index (χ0) is 28.8. The second kappa shape index (κ2) is 12.4. The number of para-hydroxylation sites is 1. The minimum atomic E-state index is -0.164. The topological polar surface area (TPSA) is 111 Å². The van der Waals surface area contributed by atoms with Crippen molar-refractivity contribution in [2.45, 2.75) is 39.5 Å². The molecule has 3 aromatic rings. The van der Waals surface area contributed by atoms with Gasteiger partial charge in [-0.05, 0) is 81.5 Å². The molecule has 2 aliphatic heterocycles. The van der Waals surface area contributed by atoms with E-state index in [1.165, 1.54) is 0 Å². The number of carbonyl (C=O) groups excluding carboxylic acids is 2. The van der Waals surface area contributed by atoms with E-state index in [1.54, 1.807) is 24.4 Å². The number of nitrogens with zero attached hydrogens (tertiary/aromatic N) is 5. The third-order valence-electron chi connectivity index (χ3n) is 8.12. The number of rotatable bonds is 2. The van der Waals surface area contributed by atoms with E-state index in [4.69, 9.17) is 4.74 Å². The number of carbonyl (C=O) groups is 2. The zero-order valence-corrected chi connectivity index (χ0v) is 23.7. The van der Waals surface area contributed by atoms with Crippen LogP contribution >= 0.6 is 0 Å². The Bertz CT molecular complexity index is 1460. The summed E-state index contributed by atoms with van der Waals surface area (Å²) in [5, 5.41) is 12.4. The van der Waals surface area contributed by atoms with Gasteiger partial charge in [-0.25, -0.2) is 9.97 Å². The van der Waals surface area contributed by atoms with Crippen LogP contribution in [0.15, 0.2) is 54.7 Å². The van der Waals surface area contributed by atoms with Gasteiger partial charge in [0.05, 0.1) is 23.8 Å². The fraction of sp³-hybridized carbons (Fsp3) is 0.406. The average molecular weight is 553 g/mol. The molecule has 0 bridgehead atoms. The molecule has 9 nitrogen and oxygen atoms in total. The first-order chi connectivity index (χ1) is 19.9. The Balaban J connectivity index is 1.36. The molecule has 9 heteroatoms. The number of anilines is 1. The number of nitrogens with one attached hydrogen (secondary N) is 1. The summed E-state index contributed by atoms with van der Waals surface area (Å²) in [5.41, 5.74) is 2.32. The molecule has 5 rings (SSSR count). The lowest BCUT2D eigenvalue weighted by Crippen LogP contribution is -2.46. The molecule has 0 saturated carbocycles. The van der Waals surface area contributed by atoms with E-state index in [2.05, 4.69) is 26.3 Å². The quantitative estimate of drug-likeness (QED) is 0.505. The number of piperidine rings is 1. The van der Waals surface area contributed by atoms with Gasteiger partial charge in [0, 0.05) is 49.9 Å². The van der Waals surface area contributed by atoms with Crippen LogP contribution in [0.1, 0.15) is 63.4 Å². The highest BCUT2D eigenvalue weighted by Gasteiger charge is 2.37. The smallest absolute Gasteiger partial charge is 0.255 e. The molecule has 0 unspecified atom stereocenters. The average Bonchev–Trinajstić information content (AvgIpc) is 2.99. The number of amides is 2. The molecule has 0 aliphatic carbocycles. The van der Waals surface area contributed by atoms with Gasteiger partial charge < -0.3 is 19.9 Å². The van der Waals surface area contributed by atoms with E-state index >= 15 is 0 Å². The van der Waals surface area contributed by atoms with Crippen LogP contribution in [0.5, 0.6) is 5.75 Å². The first-order valence-electron chi connectivity index (χ1n) is 14.2. The molecule has 1 fully saturated rings. The standard InChI is InChI=1S/C32H36N6O3/c1-23-18-25(21-33)20-26(19-23)31(40)38-15-10-32(11-16-38)9-5-14-37(29-8-12-34-24(2)36-29)17-13-35-30(39)27-6-3-4-7-28(27)41-22-32/h3-4,6-8,12,18-20H,5,9-11,13-17,22H2,1-2H3,(H,35,39). The number of likely N-dealkylation sites (tertiary alicyclic amines) is 1. The van der Waals surface area contributed by atoms with Crippen LogP contribution in [-0.2, 0) is 0 Å². The van der Waals surface area contributed by atoms with Crippen LogP contribution in [0.25, 0.3) is 0 Å². The summed E-state index contributed by atoms with van der Waals surface area (Å²) < 4.78 is 6.38. The van der Waals surface area contributed by atoms with Crippen LogP contribution in [0.3, 0.4) is 0 Å². The molecule has 1 aromatic heterocycles. The molecule has 212 valence electrons. The number of hydrogen-bond donors (Lipinski definition) is 1. The largest absolute Gasteiger partial charge is 0.492 e. The molecule has 2 aromatic carbocycles. The molecule has 1 spiro atoms. The van der Waals surface area contributed by atoms with E-state index in [-0.39, 0.29) is 17.2 Å². The normalized spacial score (nSPS) is 17.6. The summed E-state index contributed by atoms with van der Waals surface area (Å²) in [5.74, 6) is 1.93. The van der Waals surface area contributed by atoms with Crippen LogP contribution in [0, 0.1) is 30.6 Å². The predicted molar refractivity (Wildman–Crippen MR) is 156 cm³/mol. The van der Waals surface area contributed by atoms with Crippen molar-refractivity contribution in [2.24, 2.45) is 5.41 Å². The maximum atomic E-state index is 13.4. The van der Waals surface area contributed by atoms with E-state index < -0.39 is 0 Å². The molecule has 2 aliphatic rings. The van der Waals surface area contributed by atoms with Gasteiger partial charge in [0.15, 0.2) is 0 Å². The highest BCUT2D eigenvalue weighted by atomic mass is 16.5. The number of hydrogen-bond acceptors (Lipinski definition) is 7. The first-order valence-corrected chi connectivity index (χ1v) is 14.2. The molecule has 0 atom stereocenters. The van der Waals surface area contributed by atoms with Crippen molar-refractivity contribution < 1.29 is 14.3 Å². The predicted octanol–water partition coefficient (Wildman–Crippen LogP) is 4.30. The maximum Gasteiger partial charge on any atom is 0.255 e. The van der Waals surface area contributed by atoms with Crippen LogP contribution in [0.4, 0.5) is 5.82 Å². The zero-order valence-electron chi connectivity index (χ0n) is 23.7. The molecule has 1 N–H and O–H groups in total. The number of fused-ring (bicyclic) bond motifs is 1. The van der Waals surface area contributed by atoms with Crippen molar-refractivity contribution >= 4 is 17.6 Å². The fourth-order valence-electron chi connectivity index (χ4n) is 5.82. The van der Waals surface area contributed by atoms with Gasteiger partial charge in [0.1, 0.15) is 17.4 Å². The van der Waals surface area contributed by atoms with Gasteiger partial charge in [0.2, 0.25) is 0 Å². The number of aromatic nitrogens is 2. The monoisotopic (exact) mass is 552 g/mol. The van der Waals surface area contributed by atoms with Crippen LogP contribution in [0.2, 0.25) is 0 Å². The Labute approximate surface area is 241 Å². The molecule has 41 heavy (non-hydrogen) atoms. The van der Waals surface area contributed by atoms with E-state index in [0.717, 1.165) is 43.6 Å². The fourth-order valence-corrected chi connectivity index (χ4v) is 5.82. The Morgan fingerprint density at radius 1 is 1.05 bits per heavy atom. The summed E-state index contributed by atoms with van der Waals surface area (Å²) in [6.45, 7) is 7.34. The molecule has 3 heterocycles. The van der Waals surface area contributed by atoms with Crippen molar-refractivity contribution in [3.8, 4) is 11.8 Å². The minimum Gasteiger partial charge on any atom is -0.492 e. The maximum absolute atomic E-state index is 13.4. The minimum absolute atomic E-state index is 0.0436. The lowest BCUT2D eigenvalue weighted by Gasteiger charge is -2.42. The molecular formula is C32H36N6O3. The number of nitriles is 1. The third kappa shape index (κ3) is 6.65. The van der Waals surface area contributed by atoms with Crippen molar-refractivity contribution in [1.29, 1.82) is 5.26 Å².